The molecular weight excluding hydrogens is 661 g/mol. The maximum absolute atomic E-state index is 6.78. The summed E-state index contributed by atoms with van der Waals surface area (Å²) in [7, 11) is 0. The highest BCUT2D eigenvalue weighted by Crippen LogP contribution is 2.49. The van der Waals surface area contributed by atoms with Crippen LogP contribution in [-0.4, -0.2) is 8.80 Å². The van der Waals surface area contributed by atoms with E-state index in [-0.39, 0.29) is 10.8 Å². The van der Waals surface area contributed by atoms with E-state index in [1.807, 2.05) is 0 Å². The highest BCUT2D eigenvalue weighted by molar-refractivity contribution is 6.33. The fourth-order valence-corrected chi connectivity index (χ4v) is 9.95. The second-order valence-corrected chi connectivity index (χ2v) is 17.8. The number of fused-ring (bicyclic) bond motifs is 20. The van der Waals surface area contributed by atoms with Crippen LogP contribution in [0, 0.1) is 0 Å². The lowest BCUT2D eigenvalue weighted by Gasteiger charge is -2.19. The summed E-state index contributed by atoms with van der Waals surface area (Å²) in [6.45, 7) is 13.9. The molecule has 0 atom stereocenters. The third kappa shape index (κ3) is 3.33. The topological polar surface area (TPSA) is 35.1 Å². The minimum atomic E-state index is -0.0304. The minimum Gasteiger partial charge on any atom is -0.454 e. The molecular formula is C50H36N2O2. The van der Waals surface area contributed by atoms with Gasteiger partial charge >= 0.3 is 0 Å². The quantitative estimate of drug-likeness (QED) is 0.158. The predicted molar refractivity (Wildman–Crippen MR) is 228 cm³/mol. The second kappa shape index (κ2) is 9.09. The summed E-state index contributed by atoms with van der Waals surface area (Å²) in [5, 5.41) is 14.7. The lowest BCUT2D eigenvalue weighted by atomic mass is 9.85. The highest BCUT2D eigenvalue weighted by atomic mass is 16.3. The molecule has 0 fully saturated rings. The van der Waals surface area contributed by atoms with Crippen molar-refractivity contribution in [3.63, 3.8) is 0 Å². The molecule has 4 nitrogen and oxygen atoms in total. The zero-order valence-corrected chi connectivity index (χ0v) is 31.1. The van der Waals surface area contributed by atoms with Gasteiger partial charge < -0.3 is 17.6 Å². The van der Waals surface area contributed by atoms with Gasteiger partial charge in [0.2, 0.25) is 0 Å². The maximum atomic E-state index is 6.78. The molecule has 0 bridgehead atoms. The Morgan fingerprint density at radius 1 is 0.352 bits per heavy atom. The molecule has 258 valence electrons. The van der Waals surface area contributed by atoms with Gasteiger partial charge in [-0.15, -0.1) is 0 Å². The van der Waals surface area contributed by atoms with E-state index in [9.17, 15) is 0 Å². The first-order valence-electron chi connectivity index (χ1n) is 19.1. The minimum absolute atomic E-state index is 0.0304. The van der Waals surface area contributed by atoms with Crippen molar-refractivity contribution in [2.45, 2.75) is 52.4 Å². The number of rotatable bonds is 0. The zero-order chi connectivity index (χ0) is 36.2. The van der Waals surface area contributed by atoms with E-state index in [0.29, 0.717) is 0 Å². The van der Waals surface area contributed by atoms with Gasteiger partial charge in [-0.3, -0.25) is 0 Å². The molecule has 6 aromatic heterocycles. The third-order valence-corrected chi connectivity index (χ3v) is 12.6. The molecule has 0 aliphatic heterocycles. The fraction of sp³-hybridized carbons (Fsp3) is 0.160. The van der Waals surface area contributed by atoms with Gasteiger partial charge in [-0.2, -0.15) is 0 Å². The normalized spacial score (nSPS) is 13.7. The van der Waals surface area contributed by atoms with Crippen LogP contribution < -0.4 is 0 Å². The van der Waals surface area contributed by atoms with Gasteiger partial charge in [0, 0.05) is 64.6 Å². The highest BCUT2D eigenvalue weighted by Gasteiger charge is 2.29. The lowest BCUT2D eigenvalue weighted by molar-refractivity contribution is 0.591. The third-order valence-electron chi connectivity index (χ3n) is 12.6. The first-order chi connectivity index (χ1) is 26.0. The monoisotopic (exact) mass is 696 g/mol. The molecule has 0 unspecified atom stereocenters. The zero-order valence-electron chi connectivity index (χ0n) is 31.1. The van der Waals surface area contributed by atoms with Crippen molar-refractivity contribution in [1.82, 2.24) is 8.80 Å². The predicted octanol–water partition coefficient (Wildman–Crippen LogP) is 14.4. The van der Waals surface area contributed by atoms with Crippen LogP contribution in [0.2, 0.25) is 0 Å². The Hall–Kier alpha value is -6.26. The molecule has 0 saturated carbocycles. The van der Waals surface area contributed by atoms with Gasteiger partial charge in [-0.25, -0.2) is 0 Å². The SMILES string of the molecule is CC(C)(C)c1cc2c3cc4c(cc3n3c2c(c1)c1ccc2c5ccccc5oc2c13)c1cc(C(C)(C)C)cc2c3ccc5c6ccccc6oc5c3n4c12. The molecule has 0 saturated heterocycles. The summed E-state index contributed by atoms with van der Waals surface area (Å²) >= 11 is 0. The summed E-state index contributed by atoms with van der Waals surface area (Å²) in [5.41, 5.74) is 13.6. The van der Waals surface area contributed by atoms with Crippen LogP contribution in [0.25, 0.3) is 120 Å². The van der Waals surface area contributed by atoms with Gasteiger partial charge in [0.15, 0.2) is 11.2 Å². The molecule has 0 radical (unpaired) electrons. The molecule has 4 heteroatoms. The van der Waals surface area contributed by atoms with Crippen molar-refractivity contribution in [2.75, 3.05) is 0 Å². The van der Waals surface area contributed by atoms with Gasteiger partial charge in [0.05, 0.1) is 33.1 Å². The lowest BCUT2D eigenvalue weighted by Crippen LogP contribution is -2.10. The van der Waals surface area contributed by atoms with Crippen LogP contribution in [0.5, 0.6) is 0 Å². The molecule has 54 heavy (non-hydrogen) atoms. The standard InChI is InChI=1S/C50H36N2O2/c1-49(2,3)25-19-35-29-15-17-31-27-11-7-9-13-41(27)53-47(31)45(29)51-39-24-34-38-22-26(50(4,5)6)20-36-30-16-18-32-28-12-8-10-14-42(28)54-48(32)46(30)52(44(36)38)40(34)23-33(39)37(21-25)43(35)51/h7-24H,1-6H3. The van der Waals surface area contributed by atoms with Crippen molar-refractivity contribution < 1.29 is 8.83 Å². The number of nitrogens with zero attached hydrogens (tertiary/aromatic N) is 2. The Morgan fingerprint density at radius 2 is 0.722 bits per heavy atom. The first-order valence-corrected chi connectivity index (χ1v) is 19.1. The number of furan rings is 2. The number of hydrogen-bond acceptors (Lipinski definition) is 2. The summed E-state index contributed by atoms with van der Waals surface area (Å²) in [4.78, 5) is 0. The van der Waals surface area contributed by atoms with E-state index in [1.165, 1.54) is 76.3 Å². The Balaban J connectivity index is 1.30. The van der Waals surface area contributed by atoms with Crippen LogP contribution in [-0.2, 0) is 10.8 Å². The van der Waals surface area contributed by atoms with E-state index in [1.54, 1.807) is 0 Å². The van der Waals surface area contributed by atoms with Gasteiger partial charge in [0.25, 0.3) is 0 Å². The molecule has 0 aliphatic carbocycles. The smallest absolute Gasteiger partial charge is 0.160 e. The molecule has 13 aromatic rings. The average molecular weight is 697 g/mol. The Bertz CT molecular complexity index is 3540. The number of hydrogen-bond donors (Lipinski definition) is 0. The van der Waals surface area contributed by atoms with E-state index in [4.69, 9.17) is 8.83 Å². The van der Waals surface area contributed by atoms with Gasteiger partial charge in [0.1, 0.15) is 11.2 Å². The van der Waals surface area contributed by atoms with Crippen molar-refractivity contribution in [3.05, 3.63) is 120 Å². The Morgan fingerprint density at radius 3 is 1.13 bits per heavy atom. The Labute approximate surface area is 309 Å². The van der Waals surface area contributed by atoms with Crippen LogP contribution >= 0.6 is 0 Å². The van der Waals surface area contributed by atoms with Crippen molar-refractivity contribution in [3.8, 4) is 0 Å². The van der Waals surface area contributed by atoms with E-state index in [0.717, 1.165) is 54.9 Å². The van der Waals surface area contributed by atoms with Crippen molar-refractivity contribution >= 4 is 120 Å². The largest absolute Gasteiger partial charge is 0.454 e. The summed E-state index contributed by atoms with van der Waals surface area (Å²) in [6, 6.07) is 40.7. The molecule has 0 N–H and O–H groups in total. The molecule has 13 rings (SSSR count). The molecule has 0 spiro atoms. The maximum Gasteiger partial charge on any atom is 0.160 e. The van der Waals surface area contributed by atoms with E-state index >= 15 is 0 Å². The van der Waals surface area contributed by atoms with Crippen LogP contribution in [0.3, 0.4) is 0 Å². The first kappa shape index (κ1) is 29.2. The van der Waals surface area contributed by atoms with Crippen molar-refractivity contribution in [2.24, 2.45) is 0 Å². The van der Waals surface area contributed by atoms with Gasteiger partial charge in [-0.05, 0) is 82.6 Å². The summed E-state index contributed by atoms with van der Waals surface area (Å²) in [5.74, 6) is 0. The summed E-state index contributed by atoms with van der Waals surface area (Å²) in [6.07, 6.45) is 0. The number of aromatic nitrogens is 2. The second-order valence-electron chi connectivity index (χ2n) is 17.8. The van der Waals surface area contributed by atoms with Crippen LogP contribution in [0.1, 0.15) is 52.7 Å². The molecule has 6 heterocycles. The fourth-order valence-electron chi connectivity index (χ4n) is 9.95. The molecule has 0 amide bonds. The van der Waals surface area contributed by atoms with E-state index < -0.39 is 0 Å². The van der Waals surface area contributed by atoms with Gasteiger partial charge in [-0.1, -0.05) is 90.1 Å². The summed E-state index contributed by atoms with van der Waals surface area (Å²) < 4.78 is 18.6. The number of para-hydroxylation sites is 2. The van der Waals surface area contributed by atoms with Crippen LogP contribution in [0.4, 0.5) is 0 Å². The molecule has 0 aliphatic rings. The average Bonchev–Trinajstić information content (AvgIpc) is 3.98. The van der Waals surface area contributed by atoms with E-state index in [2.05, 4.69) is 160 Å². The van der Waals surface area contributed by atoms with Crippen LogP contribution in [0.15, 0.2) is 118 Å². The Kier molecular flexibility index (Phi) is 4.92. The molecule has 7 aromatic carbocycles. The van der Waals surface area contributed by atoms with Crippen molar-refractivity contribution in [1.29, 1.82) is 0 Å². The number of benzene rings is 7.